The SMILES string of the molecule is Cc1ccc(CSC(C)(C)[C@@H](N)C(=O)N2CC[C@H]2C(=O)NCc2ccc(C(=N)N)cc2)cc1. The molecule has 2 atom stereocenters. The summed E-state index contributed by atoms with van der Waals surface area (Å²) in [6.45, 7) is 6.90. The first-order valence-electron chi connectivity index (χ1n) is 11.0. The Balaban J connectivity index is 1.52. The maximum atomic E-state index is 13.1. The zero-order valence-corrected chi connectivity index (χ0v) is 20.2. The third-order valence-corrected chi connectivity index (χ3v) is 7.56. The number of nitrogens with two attached hydrogens (primary N) is 2. The molecule has 1 aliphatic rings. The molecule has 0 spiro atoms. The zero-order valence-electron chi connectivity index (χ0n) is 19.4. The van der Waals surface area contributed by atoms with E-state index >= 15 is 0 Å². The van der Waals surface area contributed by atoms with Gasteiger partial charge in [-0.3, -0.25) is 15.0 Å². The van der Waals surface area contributed by atoms with Crippen LogP contribution >= 0.6 is 11.8 Å². The normalized spacial score (nSPS) is 16.6. The molecule has 1 fully saturated rings. The number of amidine groups is 1. The maximum absolute atomic E-state index is 13.1. The Labute approximate surface area is 199 Å². The number of rotatable bonds is 9. The van der Waals surface area contributed by atoms with Gasteiger partial charge in [0.2, 0.25) is 11.8 Å². The number of benzene rings is 2. The fourth-order valence-corrected chi connectivity index (χ4v) is 4.56. The van der Waals surface area contributed by atoms with Crippen molar-refractivity contribution >= 4 is 29.4 Å². The van der Waals surface area contributed by atoms with Crippen LogP contribution < -0.4 is 16.8 Å². The fraction of sp³-hybridized carbons (Fsp3) is 0.400. The molecule has 0 saturated carbocycles. The van der Waals surface area contributed by atoms with E-state index in [4.69, 9.17) is 16.9 Å². The van der Waals surface area contributed by atoms with Crippen molar-refractivity contribution in [3.8, 4) is 0 Å². The van der Waals surface area contributed by atoms with Gasteiger partial charge in [-0.2, -0.15) is 0 Å². The third-order valence-electron chi connectivity index (χ3n) is 6.08. The average Bonchev–Trinajstić information content (AvgIpc) is 2.76. The van der Waals surface area contributed by atoms with Crippen LogP contribution in [0.15, 0.2) is 48.5 Å². The van der Waals surface area contributed by atoms with Gasteiger partial charge in [-0.05, 0) is 38.3 Å². The summed E-state index contributed by atoms with van der Waals surface area (Å²) in [6, 6.07) is 14.3. The number of carbonyl (C=O) groups is 2. The lowest BCUT2D eigenvalue weighted by Gasteiger charge is -2.43. The summed E-state index contributed by atoms with van der Waals surface area (Å²) < 4.78 is -0.475. The lowest BCUT2D eigenvalue weighted by Crippen LogP contribution is -2.64. The molecule has 2 aromatic carbocycles. The highest BCUT2D eigenvalue weighted by molar-refractivity contribution is 7.99. The summed E-state index contributed by atoms with van der Waals surface area (Å²) in [5, 5.41) is 10.3. The molecule has 0 aromatic heterocycles. The van der Waals surface area contributed by atoms with E-state index in [2.05, 4.69) is 36.5 Å². The van der Waals surface area contributed by atoms with Crippen LogP contribution in [0, 0.1) is 12.3 Å². The van der Waals surface area contributed by atoms with E-state index < -0.39 is 16.8 Å². The van der Waals surface area contributed by atoms with E-state index in [0.29, 0.717) is 25.1 Å². The number of carbonyl (C=O) groups excluding carboxylic acids is 2. The lowest BCUT2D eigenvalue weighted by molar-refractivity contribution is -0.148. The van der Waals surface area contributed by atoms with Crippen LogP contribution in [0.2, 0.25) is 0 Å². The van der Waals surface area contributed by atoms with Gasteiger partial charge in [0.15, 0.2) is 0 Å². The number of thioether (sulfide) groups is 1. The van der Waals surface area contributed by atoms with Crippen molar-refractivity contribution in [3.63, 3.8) is 0 Å². The molecular formula is C25H33N5O2S. The lowest BCUT2D eigenvalue weighted by atomic mass is 9.96. The quantitative estimate of drug-likeness (QED) is 0.333. The fourth-order valence-electron chi connectivity index (χ4n) is 3.55. The van der Waals surface area contributed by atoms with Gasteiger partial charge in [-0.1, -0.05) is 54.1 Å². The predicted octanol–water partition coefficient (Wildman–Crippen LogP) is 2.54. The highest BCUT2D eigenvalue weighted by Crippen LogP contribution is 2.33. The first kappa shape index (κ1) is 24.8. The van der Waals surface area contributed by atoms with E-state index in [1.54, 1.807) is 28.8 Å². The Morgan fingerprint density at radius 3 is 2.30 bits per heavy atom. The summed E-state index contributed by atoms with van der Waals surface area (Å²) in [5.74, 6) is 0.405. The summed E-state index contributed by atoms with van der Waals surface area (Å²) in [4.78, 5) is 27.4. The minimum atomic E-state index is -0.706. The molecule has 1 aliphatic heterocycles. The Hall–Kier alpha value is -2.84. The Morgan fingerprint density at radius 1 is 1.15 bits per heavy atom. The molecule has 7 nitrogen and oxygen atoms in total. The van der Waals surface area contributed by atoms with Crippen molar-refractivity contribution < 1.29 is 9.59 Å². The van der Waals surface area contributed by atoms with Crippen LogP contribution in [0.25, 0.3) is 0 Å². The minimum absolute atomic E-state index is 0.00509. The van der Waals surface area contributed by atoms with Crippen LogP contribution in [0.3, 0.4) is 0 Å². The summed E-state index contributed by atoms with van der Waals surface area (Å²) in [7, 11) is 0. The first-order chi connectivity index (χ1) is 15.6. The smallest absolute Gasteiger partial charge is 0.243 e. The van der Waals surface area contributed by atoms with Crippen molar-refractivity contribution in [2.24, 2.45) is 11.5 Å². The predicted molar refractivity (Wildman–Crippen MR) is 134 cm³/mol. The molecule has 1 saturated heterocycles. The van der Waals surface area contributed by atoms with Crippen molar-refractivity contribution in [2.45, 2.75) is 56.3 Å². The molecule has 0 bridgehead atoms. The molecule has 8 heteroatoms. The number of likely N-dealkylation sites (tertiary alicyclic amines) is 1. The van der Waals surface area contributed by atoms with Crippen molar-refractivity contribution in [1.29, 1.82) is 5.41 Å². The van der Waals surface area contributed by atoms with Gasteiger partial charge in [-0.15, -0.1) is 11.8 Å². The second-order valence-electron chi connectivity index (χ2n) is 9.02. The molecule has 0 aliphatic carbocycles. The molecule has 176 valence electrons. The van der Waals surface area contributed by atoms with Crippen LogP contribution in [0.5, 0.6) is 0 Å². The van der Waals surface area contributed by atoms with Crippen LogP contribution in [0.4, 0.5) is 0 Å². The number of nitrogens with zero attached hydrogens (tertiary/aromatic N) is 1. The summed E-state index contributed by atoms with van der Waals surface area (Å²) in [6.07, 6.45) is 0.629. The highest BCUT2D eigenvalue weighted by Gasteiger charge is 2.43. The van der Waals surface area contributed by atoms with E-state index in [-0.39, 0.29) is 17.6 Å². The van der Waals surface area contributed by atoms with Gasteiger partial charge in [-0.25, -0.2) is 0 Å². The van der Waals surface area contributed by atoms with Gasteiger partial charge in [0.05, 0.1) is 6.04 Å². The van der Waals surface area contributed by atoms with Crippen molar-refractivity contribution in [1.82, 2.24) is 10.2 Å². The first-order valence-corrected chi connectivity index (χ1v) is 12.0. The number of nitrogen functional groups attached to an aromatic ring is 1. The van der Waals surface area contributed by atoms with Crippen LogP contribution in [-0.4, -0.2) is 45.9 Å². The molecule has 0 radical (unpaired) electrons. The minimum Gasteiger partial charge on any atom is -0.384 e. The Bertz CT molecular complexity index is 1000. The molecule has 33 heavy (non-hydrogen) atoms. The molecule has 2 amide bonds. The molecule has 2 aromatic rings. The van der Waals surface area contributed by atoms with Gasteiger partial charge < -0.3 is 21.7 Å². The van der Waals surface area contributed by atoms with E-state index in [9.17, 15) is 9.59 Å². The molecule has 0 unspecified atom stereocenters. The van der Waals surface area contributed by atoms with E-state index in [0.717, 1.165) is 11.3 Å². The second-order valence-corrected chi connectivity index (χ2v) is 10.6. The average molecular weight is 468 g/mol. The second kappa shape index (κ2) is 10.4. The Morgan fingerprint density at radius 2 is 1.76 bits per heavy atom. The number of hydrogen-bond acceptors (Lipinski definition) is 5. The topological polar surface area (TPSA) is 125 Å². The monoisotopic (exact) mass is 467 g/mol. The highest BCUT2D eigenvalue weighted by atomic mass is 32.2. The molecule has 3 rings (SSSR count). The van der Waals surface area contributed by atoms with Gasteiger partial charge >= 0.3 is 0 Å². The largest absolute Gasteiger partial charge is 0.384 e. The van der Waals surface area contributed by atoms with Gasteiger partial charge in [0.25, 0.3) is 0 Å². The van der Waals surface area contributed by atoms with E-state index in [1.807, 2.05) is 26.0 Å². The standard InChI is InChI=1S/C25H33N5O2S/c1-16-4-6-18(7-5-16)15-33-25(2,3)21(26)24(32)30-13-12-20(30)23(31)29-14-17-8-10-19(11-9-17)22(27)28/h4-11,20-21H,12-15,26H2,1-3H3,(H3,27,28)(H,29,31)/t20-,21-/m0/s1. The maximum Gasteiger partial charge on any atom is 0.243 e. The summed E-state index contributed by atoms with van der Waals surface area (Å²) in [5.41, 5.74) is 15.8. The Kier molecular flexibility index (Phi) is 7.81. The van der Waals surface area contributed by atoms with Gasteiger partial charge in [0.1, 0.15) is 11.9 Å². The van der Waals surface area contributed by atoms with Crippen molar-refractivity contribution in [2.75, 3.05) is 6.54 Å². The molecule has 6 N–H and O–H groups in total. The number of hydrogen-bond donors (Lipinski definition) is 4. The summed E-state index contributed by atoms with van der Waals surface area (Å²) >= 11 is 1.65. The number of nitrogens with one attached hydrogen (secondary N) is 2. The molecular weight excluding hydrogens is 434 g/mol. The number of aryl methyl sites for hydroxylation is 1. The van der Waals surface area contributed by atoms with Crippen molar-refractivity contribution in [3.05, 3.63) is 70.8 Å². The van der Waals surface area contributed by atoms with Crippen LogP contribution in [-0.2, 0) is 21.9 Å². The molecule has 1 heterocycles. The van der Waals surface area contributed by atoms with Gasteiger partial charge in [0, 0.05) is 29.2 Å². The third kappa shape index (κ3) is 6.15. The number of amides is 2. The zero-order chi connectivity index (χ0) is 24.2. The van der Waals surface area contributed by atoms with Crippen LogP contribution in [0.1, 0.15) is 42.5 Å². The van der Waals surface area contributed by atoms with E-state index in [1.165, 1.54) is 11.1 Å².